The molecule has 3 N–H and O–H groups in total. The van der Waals surface area contributed by atoms with Crippen LogP contribution in [0.25, 0.3) is 0 Å². The summed E-state index contributed by atoms with van der Waals surface area (Å²) in [5, 5.41) is 8.15. The lowest BCUT2D eigenvalue weighted by Crippen LogP contribution is -2.30. The molecule has 0 bridgehead atoms. The van der Waals surface area contributed by atoms with E-state index in [2.05, 4.69) is 12.6 Å². The van der Waals surface area contributed by atoms with Gasteiger partial charge < -0.3 is 10.8 Å². The highest BCUT2D eigenvalue weighted by Crippen LogP contribution is 1.88. The lowest BCUT2D eigenvalue weighted by atomic mass is 10.2. The summed E-state index contributed by atoms with van der Waals surface area (Å²) in [6.45, 7) is 0. The summed E-state index contributed by atoms with van der Waals surface area (Å²) in [7, 11) is 0. The quantitative estimate of drug-likeness (QED) is 0.470. The standard InChI is InChI=1S/C4H9NO2S/c5-3(1-2-8)4(6)7/h3,8H,1-2,5H2,(H,6,7)/t3-/m0/s1/i8+3. The van der Waals surface area contributed by atoms with E-state index >= 15 is 0 Å². The van der Waals surface area contributed by atoms with Crippen molar-refractivity contribution >= 4 is 18.6 Å². The van der Waals surface area contributed by atoms with Crippen LogP contribution in [0.3, 0.4) is 0 Å². The van der Waals surface area contributed by atoms with Crippen molar-refractivity contribution in [2.24, 2.45) is 5.73 Å². The summed E-state index contributed by atoms with van der Waals surface area (Å²) in [5.41, 5.74) is 5.08. The number of carboxylic acids is 1. The Morgan fingerprint density at radius 2 is 2.38 bits per heavy atom. The molecule has 3 nitrogen and oxygen atoms in total. The molecular formula is C4H9NO2S. The van der Waals surface area contributed by atoms with E-state index in [-0.39, 0.29) is 0 Å². The van der Waals surface area contributed by atoms with Crippen LogP contribution in [0, 0.1) is 0 Å². The molecule has 0 aliphatic rings. The van der Waals surface area contributed by atoms with Gasteiger partial charge in [0.15, 0.2) is 0 Å². The Labute approximate surface area is 53.3 Å². The molecular weight excluding hydrogens is 129 g/mol. The van der Waals surface area contributed by atoms with Crippen LogP contribution in [0.4, 0.5) is 0 Å². The van der Waals surface area contributed by atoms with Gasteiger partial charge in [-0.05, 0) is 12.2 Å². The summed E-state index contributed by atoms with van der Waals surface area (Å²) < 4.78 is 0. The molecule has 0 rings (SSSR count). The molecule has 0 amide bonds. The maximum atomic E-state index is 9.93. The lowest BCUT2D eigenvalue weighted by Gasteiger charge is -2.00. The summed E-state index contributed by atoms with van der Waals surface area (Å²) in [6.07, 6.45) is 0.429. The maximum absolute atomic E-state index is 9.93. The first-order valence-electron chi connectivity index (χ1n) is 2.27. The molecule has 0 fully saturated rings. The Morgan fingerprint density at radius 3 is 2.50 bits per heavy atom. The van der Waals surface area contributed by atoms with Gasteiger partial charge in [-0.3, -0.25) is 4.79 Å². The maximum Gasteiger partial charge on any atom is 0.320 e. The Kier molecular flexibility index (Phi) is 3.64. The molecule has 0 heterocycles. The lowest BCUT2D eigenvalue weighted by molar-refractivity contribution is -0.138. The fourth-order valence-corrected chi connectivity index (χ4v) is 0.541. The van der Waals surface area contributed by atoms with E-state index in [9.17, 15) is 4.79 Å². The highest BCUT2D eigenvalue weighted by Gasteiger charge is 2.08. The van der Waals surface area contributed by atoms with E-state index in [0.29, 0.717) is 12.2 Å². The molecule has 48 valence electrons. The van der Waals surface area contributed by atoms with Crippen molar-refractivity contribution in [3.05, 3.63) is 0 Å². The van der Waals surface area contributed by atoms with Gasteiger partial charge >= 0.3 is 5.97 Å². The molecule has 4 heteroatoms. The van der Waals surface area contributed by atoms with Crippen LogP contribution in [0.1, 0.15) is 6.42 Å². The molecule has 0 spiro atoms. The van der Waals surface area contributed by atoms with E-state index in [1.165, 1.54) is 0 Å². The van der Waals surface area contributed by atoms with E-state index in [1.807, 2.05) is 0 Å². The van der Waals surface area contributed by atoms with Crippen molar-refractivity contribution in [3.8, 4) is 0 Å². The van der Waals surface area contributed by atoms with Crippen LogP contribution in [0.15, 0.2) is 0 Å². The molecule has 0 aliphatic carbocycles. The molecule has 0 saturated heterocycles. The normalized spacial score (nSPS) is 13.2. The zero-order valence-electron chi connectivity index (χ0n) is 4.37. The van der Waals surface area contributed by atoms with Gasteiger partial charge in [-0.1, -0.05) is 0 Å². The number of aliphatic carboxylic acids is 1. The number of hydrogen-bond acceptors (Lipinski definition) is 3. The van der Waals surface area contributed by atoms with Gasteiger partial charge in [-0.25, -0.2) is 0 Å². The predicted octanol–water partition coefficient (Wildman–Crippen LogP) is -0.282. The monoisotopic (exact) mass is 138 g/mol. The van der Waals surface area contributed by atoms with Crippen LogP contribution in [0.2, 0.25) is 0 Å². The SMILES string of the molecule is N[C@@H](CC[35SH])C(=O)O. The third-order valence-electron chi connectivity index (χ3n) is 0.757. The van der Waals surface area contributed by atoms with E-state index in [4.69, 9.17) is 10.8 Å². The number of rotatable bonds is 3. The highest BCUT2D eigenvalue weighted by atomic mass is 35.0. The summed E-state index contributed by atoms with van der Waals surface area (Å²) >= 11 is 3.81. The molecule has 0 aliphatic heterocycles. The predicted molar refractivity (Wildman–Crippen MR) is 34.1 cm³/mol. The van der Waals surface area contributed by atoms with Crippen LogP contribution in [0.5, 0.6) is 0 Å². The summed E-state index contributed by atoms with van der Waals surface area (Å²) in [6, 6.07) is -0.743. The third kappa shape index (κ3) is 2.87. The van der Waals surface area contributed by atoms with Crippen molar-refractivity contribution in [2.75, 3.05) is 5.75 Å². The van der Waals surface area contributed by atoms with Crippen molar-refractivity contribution in [1.82, 2.24) is 0 Å². The van der Waals surface area contributed by atoms with Gasteiger partial charge in [0.2, 0.25) is 0 Å². The van der Waals surface area contributed by atoms with Crippen molar-refractivity contribution in [2.45, 2.75) is 12.5 Å². The molecule has 0 aromatic rings. The van der Waals surface area contributed by atoms with E-state index < -0.39 is 12.0 Å². The number of nitrogens with two attached hydrogens (primary N) is 1. The number of carboxylic acid groups (broad SMARTS) is 1. The van der Waals surface area contributed by atoms with Crippen molar-refractivity contribution < 1.29 is 9.90 Å². The Balaban J connectivity index is 3.32. The first-order chi connectivity index (χ1) is 3.68. The van der Waals surface area contributed by atoms with E-state index in [0.717, 1.165) is 0 Å². The average Bonchev–Trinajstić information content (AvgIpc) is 1.67. The first-order valence-corrected chi connectivity index (χ1v) is 2.91. The molecule has 0 saturated carbocycles. The third-order valence-corrected chi connectivity index (χ3v) is 1.02. The smallest absolute Gasteiger partial charge is 0.320 e. The van der Waals surface area contributed by atoms with Gasteiger partial charge in [0, 0.05) is 0 Å². The van der Waals surface area contributed by atoms with Crippen molar-refractivity contribution in [3.63, 3.8) is 0 Å². The molecule has 8 heavy (non-hydrogen) atoms. The molecule has 0 aromatic carbocycles. The van der Waals surface area contributed by atoms with Gasteiger partial charge in [0.25, 0.3) is 0 Å². The fraction of sp³-hybridized carbons (Fsp3) is 0.750. The van der Waals surface area contributed by atoms with Gasteiger partial charge in [0.05, 0.1) is 0 Å². The second-order valence-electron chi connectivity index (χ2n) is 1.46. The minimum atomic E-state index is -0.959. The van der Waals surface area contributed by atoms with Gasteiger partial charge in [-0.15, -0.1) is 0 Å². The zero-order chi connectivity index (χ0) is 6.57. The van der Waals surface area contributed by atoms with Crippen LogP contribution < -0.4 is 5.73 Å². The number of hydrogen-bond donors (Lipinski definition) is 3. The molecule has 0 aromatic heterocycles. The highest BCUT2D eigenvalue weighted by molar-refractivity contribution is 7.80. The van der Waals surface area contributed by atoms with Crippen molar-refractivity contribution in [1.29, 1.82) is 0 Å². The fourth-order valence-electron chi connectivity index (χ4n) is 0.263. The second kappa shape index (κ2) is 3.74. The van der Waals surface area contributed by atoms with Crippen LogP contribution in [-0.2, 0) is 4.79 Å². The van der Waals surface area contributed by atoms with Gasteiger partial charge in [0.1, 0.15) is 6.04 Å². The van der Waals surface area contributed by atoms with Gasteiger partial charge in [-0.2, -0.15) is 12.6 Å². The number of carbonyl (C=O) groups is 1. The van der Waals surface area contributed by atoms with E-state index in [1.54, 1.807) is 0 Å². The minimum Gasteiger partial charge on any atom is -0.480 e. The van der Waals surface area contributed by atoms with Crippen LogP contribution >= 0.6 is 12.6 Å². The molecule has 0 unspecified atom stereocenters. The largest absolute Gasteiger partial charge is 0.480 e. The zero-order valence-corrected chi connectivity index (χ0v) is 5.27. The van der Waals surface area contributed by atoms with Crippen LogP contribution in [-0.4, -0.2) is 22.9 Å². The average molecular weight is 138 g/mol. The summed E-state index contributed by atoms with van der Waals surface area (Å²) in [4.78, 5) is 9.93. The second-order valence-corrected chi connectivity index (χ2v) is 1.90. The minimum absolute atomic E-state index is 0.429. The Morgan fingerprint density at radius 1 is 1.88 bits per heavy atom. The summed E-state index contributed by atoms with van der Waals surface area (Å²) in [5.74, 6) is -0.438. The topological polar surface area (TPSA) is 63.3 Å². The Hall–Kier alpha value is -0.220. The molecule has 1 atom stereocenters. The molecule has 0 radical (unpaired) electrons. The first kappa shape index (κ1) is 7.78. The number of thiol groups is 1. The Bertz CT molecular complexity index is 86.1.